The van der Waals surface area contributed by atoms with E-state index in [-0.39, 0.29) is 22.8 Å². The van der Waals surface area contributed by atoms with Crippen molar-refractivity contribution in [2.24, 2.45) is 0 Å². The molecule has 0 amide bonds. The molecule has 0 fully saturated rings. The van der Waals surface area contributed by atoms with Crippen LogP contribution in [-0.2, 0) is 11.8 Å². The third kappa shape index (κ3) is 7.87. The van der Waals surface area contributed by atoms with Crippen LogP contribution in [-0.4, -0.2) is 15.3 Å². The minimum Gasteiger partial charge on any atom is -0.508 e. The van der Waals surface area contributed by atoms with Crippen molar-refractivity contribution in [3.63, 3.8) is 0 Å². The van der Waals surface area contributed by atoms with E-state index >= 15 is 0 Å². The van der Waals surface area contributed by atoms with Gasteiger partial charge in [0.1, 0.15) is 17.2 Å². The van der Waals surface area contributed by atoms with Gasteiger partial charge in [0.25, 0.3) is 0 Å². The number of hydrogen-bond acceptors (Lipinski definition) is 3. The lowest BCUT2D eigenvalue weighted by molar-refractivity contribution is 0.446. The molecule has 5 rings (SSSR count). The van der Waals surface area contributed by atoms with E-state index in [0.717, 1.165) is 58.2 Å². The lowest BCUT2D eigenvalue weighted by Crippen LogP contribution is -2.11. The number of aryl methyl sites for hydroxylation is 1. The highest BCUT2D eigenvalue weighted by Gasteiger charge is 2.19. The van der Waals surface area contributed by atoms with Gasteiger partial charge in [0.15, 0.2) is 0 Å². The summed E-state index contributed by atoms with van der Waals surface area (Å²) in [4.78, 5) is 0. The highest BCUT2D eigenvalue weighted by atomic mass is 16.3. The Labute approximate surface area is 257 Å². The van der Waals surface area contributed by atoms with E-state index in [9.17, 15) is 15.3 Å². The van der Waals surface area contributed by atoms with Gasteiger partial charge in [-0.25, -0.2) is 0 Å². The normalized spacial score (nSPS) is 11.2. The first-order valence-electron chi connectivity index (χ1n) is 15.2. The number of phenolic OH excluding ortho intramolecular Hbond substituents is 3. The van der Waals surface area contributed by atoms with Gasteiger partial charge in [-0.1, -0.05) is 126 Å². The van der Waals surface area contributed by atoms with Gasteiger partial charge in [0.2, 0.25) is 0 Å². The Hall–Kier alpha value is -4.50. The number of phenols is 3. The van der Waals surface area contributed by atoms with Crippen LogP contribution in [0.4, 0.5) is 0 Å². The molecule has 5 aromatic carbocycles. The fourth-order valence-electron chi connectivity index (χ4n) is 5.53. The molecule has 0 radical (unpaired) electrons. The summed E-state index contributed by atoms with van der Waals surface area (Å²) >= 11 is 0. The van der Waals surface area contributed by atoms with Crippen LogP contribution in [0.15, 0.2) is 115 Å². The largest absolute Gasteiger partial charge is 0.508 e. The van der Waals surface area contributed by atoms with E-state index in [0.29, 0.717) is 5.75 Å². The molecule has 0 heterocycles. The first-order chi connectivity index (χ1) is 20.6. The van der Waals surface area contributed by atoms with E-state index < -0.39 is 0 Å². The molecular weight excluding hydrogens is 528 g/mol. The predicted molar refractivity (Wildman–Crippen MR) is 180 cm³/mol. The molecule has 0 atom stereocenters. The zero-order valence-electron chi connectivity index (χ0n) is 26.0. The summed E-state index contributed by atoms with van der Waals surface area (Å²) in [5, 5.41) is 30.6. The summed E-state index contributed by atoms with van der Waals surface area (Å²) in [5.74, 6) is 1.15. The molecule has 0 aliphatic heterocycles. The minimum atomic E-state index is 0.0217. The monoisotopic (exact) mass is 572 g/mol. The van der Waals surface area contributed by atoms with Crippen molar-refractivity contribution < 1.29 is 15.3 Å². The summed E-state index contributed by atoms with van der Waals surface area (Å²) in [6.07, 6.45) is 3.15. The second-order valence-electron chi connectivity index (χ2n) is 12.1. The molecule has 0 spiro atoms. The molecule has 222 valence electrons. The van der Waals surface area contributed by atoms with Crippen molar-refractivity contribution in [3.8, 4) is 39.5 Å². The number of aromatic hydroxyl groups is 3. The number of benzene rings is 5. The average molecular weight is 573 g/mol. The van der Waals surface area contributed by atoms with Crippen LogP contribution in [0.1, 0.15) is 75.6 Å². The summed E-state index contributed by atoms with van der Waals surface area (Å²) in [7, 11) is 0. The van der Waals surface area contributed by atoms with Crippen molar-refractivity contribution in [1.82, 2.24) is 0 Å². The standard InChI is InChI=1S/C27H24O2.C13H20O/c1-2-23(21-13-15-26(28)24(17-21)19-9-5-3-6-10-19)22-14-16-27(29)25(18-22)20-11-7-4-8-12-20;1-5-6-10-7-8-12(14)11(9-10)13(2,3)4/h3-18,23,28-29H,2H2,1H3;7-9,14H,5-6H2,1-4H3. The van der Waals surface area contributed by atoms with Crippen molar-refractivity contribution >= 4 is 0 Å². The van der Waals surface area contributed by atoms with Gasteiger partial charge < -0.3 is 15.3 Å². The van der Waals surface area contributed by atoms with Gasteiger partial charge >= 0.3 is 0 Å². The van der Waals surface area contributed by atoms with Crippen LogP contribution < -0.4 is 0 Å². The highest BCUT2D eigenvalue weighted by Crippen LogP contribution is 2.38. The molecule has 0 aliphatic rings. The van der Waals surface area contributed by atoms with Gasteiger partial charge in [-0.2, -0.15) is 0 Å². The quantitative estimate of drug-likeness (QED) is 0.182. The summed E-state index contributed by atoms with van der Waals surface area (Å²) < 4.78 is 0. The second-order valence-corrected chi connectivity index (χ2v) is 12.1. The highest BCUT2D eigenvalue weighted by molar-refractivity contribution is 5.73. The van der Waals surface area contributed by atoms with E-state index in [1.54, 1.807) is 12.1 Å². The summed E-state index contributed by atoms with van der Waals surface area (Å²) in [5.41, 5.74) is 8.34. The second kappa shape index (κ2) is 14.1. The Kier molecular flexibility index (Phi) is 10.3. The van der Waals surface area contributed by atoms with Crippen molar-refractivity contribution in [2.75, 3.05) is 0 Å². The van der Waals surface area contributed by atoms with Crippen molar-refractivity contribution in [3.05, 3.63) is 138 Å². The molecule has 0 saturated carbocycles. The summed E-state index contributed by atoms with van der Waals surface area (Å²) in [6.45, 7) is 10.7. The molecule has 43 heavy (non-hydrogen) atoms. The fourth-order valence-corrected chi connectivity index (χ4v) is 5.53. The minimum absolute atomic E-state index is 0.0217. The van der Waals surface area contributed by atoms with Crippen LogP contribution in [0.25, 0.3) is 22.3 Å². The Morgan fingerprint density at radius 2 is 1.02 bits per heavy atom. The van der Waals surface area contributed by atoms with E-state index in [1.807, 2.05) is 84.9 Å². The average Bonchev–Trinajstić information content (AvgIpc) is 3.01. The number of rotatable bonds is 7. The van der Waals surface area contributed by atoms with Gasteiger partial charge in [-0.05, 0) is 82.0 Å². The molecule has 3 N–H and O–H groups in total. The molecule has 3 heteroatoms. The third-order valence-corrected chi connectivity index (χ3v) is 7.83. The molecule has 0 aromatic heterocycles. The molecule has 3 nitrogen and oxygen atoms in total. The summed E-state index contributed by atoms with van der Waals surface area (Å²) in [6, 6.07) is 37.5. The lowest BCUT2D eigenvalue weighted by Gasteiger charge is -2.21. The number of hydrogen-bond donors (Lipinski definition) is 3. The Bertz CT molecular complexity index is 1530. The topological polar surface area (TPSA) is 60.7 Å². The molecular formula is C40H44O3. The molecule has 0 aliphatic carbocycles. The van der Waals surface area contributed by atoms with Crippen LogP contribution in [0.5, 0.6) is 17.2 Å². The maximum atomic E-state index is 10.4. The first kappa shape index (κ1) is 31.4. The predicted octanol–water partition coefficient (Wildman–Crippen LogP) is 10.6. The van der Waals surface area contributed by atoms with Crippen molar-refractivity contribution in [2.45, 2.75) is 65.2 Å². The molecule has 0 unspecified atom stereocenters. The Balaban J connectivity index is 0.000000255. The fraction of sp³-hybridized carbons (Fsp3) is 0.250. The SMILES string of the molecule is CCC(c1ccc(O)c(-c2ccccc2)c1)c1ccc(O)c(-c2ccccc2)c1.CCCc1ccc(O)c(C(C)(C)C)c1. The van der Waals surface area contributed by atoms with Crippen LogP contribution in [0, 0.1) is 0 Å². The molecule has 0 saturated heterocycles. The zero-order chi connectivity index (χ0) is 31.0. The first-order valence-corrected chi connectivity index (χ1v) is 15.2. The Morgan fingerprint density at radius 1 is 0.558 bits per heavy atom. The lowest BCUT2D eigenvalue weighted by atomic mass is 9.85. The van der Waals surface area contributed by atoms with Gasteiger partial charge in [0.05, 0.1) is 0 Å². The van der Waals surface area contributed by atoms with E-state index in [4.69, 9.17) is 0 Å². The smallest absolute Gasteiger partial charge is 0.123 e. The Morgan fingerprint density at radius 3 is 1.44 bits per heavy atom. The van der Waals surface area contributed by atoms with Crippen molar-refractivity contribution in [1.29, 1.82) is 0 Å². The maximum Gasteiger partial charge on any atom is 0.123 e. The molecule has 0 bridgehead atoms. The maximum absolute atomic E-state index is 10.4. The van der Waals surface area contributed by atoms with Gasteiger partial charge in [-0.15, -0.1) is 0 Å². The van der Waals surface area contributed by atoms with Gasteiger partial charge in [-0.3, -0.25) is 0 Å². The van der Waals surface area contributed by atoms with Crippen LogP contribution in [0.2, 0.25) is 0 Å². The van der Waals surface area contributed by atoms with E-state index in [1.165, 1.54) is 5.56 Å². The third-order valence-electron chi connectivity index (χ3n) is 7.83. The van der Waals surface area contributed by atoms with Crippen LogP contribution in [0.3, 0.4) is 0 Å². The van der Waals surface area contributed by atoms with Crippen LogP contribution >= 0.6 is 0 Å². The van der Waals surface area contributed by atoms with E-state index in [2.05, 4.69) is 52.8 Å². The van der Waals surface area contributed by atoms with Gasteiger partial charge in [0, 0.05) is 17.0 Å². The molecule has 5 aromatic rings. The zero-order valence-corrected chi connectivity index (χ0v) is 26.0.